The number of amides is 1. The van der Waals surface area contributed by atoms with Gasteiger partial charge in [0.2, 0.25) is 0 Å². The summed E-state index contributed by atoms with van der Waals surface area (Å²) in [5.41, 5.74) is 2.54. The van der Waals surface area contributed by atoms with Crippen molar-refractivity contribution < 1.29 is 23.5 Å². The van der Waals surface area contributed by atoms with Gasteiger partial charge in [-0.05, 0) is 35.9 Å². The number of fused-ring (bicyclic) bond motifs is 3. The Kier molecular flexibility index (Phi) is 5.31. The molecule has 0 fully saturated rings. The first kappa shape index (κ1) is 19.1. The largest absolute Gasteiger partial charge is 0.488 e. The van der Waals surface area contributed by atoms with Crippen molar-refractivity contribution in [2.24, 2.45) is 0 Å². The fourth-order valence-corrected chi connectivity index (χ4v) is 4.20. The number of thiophene rings is 1. The zero-order chi connectivity index (χ0) is 20.4. The molecule has 0 aliphatic carbocycles. The molecule has 1 aromatic heterocycles. The summed E-state index contributed by atoms with van der Waals surface area (Å²) in [5.74, 6) is -0.482. The van der Waals surface area contributed by atoms with Gasteiger partial charge >= 0.3 is 5.97 Å². The second kappa shape index (κ2) is 8.05. The molecule has 4 rings (SSSR count). The summed E-state index contributed by atoms with van der Waals surface area (Å²) in [6.07, 6.45) is 0. The molecule has 0 bridgehead atoms. The van der Waals surface area contributed by atoms with Crippen molar-refractivity contribution in [2.75, 3.05) is 13.7 Å². The summed E-state index contributed by atoms with van der Waals surface area (Å²) >= 11 is 1.33. The molecule has 0 unspecified atom stereocenters. The van der Waals surface area contributed by atoms with Crippen LogP contribution in [0.3, 0.4) is 0 Å². The number of likely N-dealkylation sites (N-methyl/N-ethyl adjacent to an activating group) is 1. The third-order valence-electron chi connectivity index (χ3n) is 4.59. The van der Waals surface area contributed by atoms with E-state index in [1.807, 2.05) is 24.3 Å². The fourth-order valence-electron chi connectivity index (χ4n) is 3.11. The van der Waals surface area contributed by atoms with E-state index in [2.05, 4.69) is 0 Å². The van der Waals surface area contributed by atoms with Gasteiger partial charge in [-0.1, -0.05) is 24.3 Å². The lowest BCUT2D eigenvalue weighted by Gasteiger charge is -2.17. The third kappa shape index (κ3) is 4.14. The van der Waals surface area contributed by atoms with Crippen LogP contribution >= 0.6 is 11.3 Å². The average Bonchev–Trinajstić information content (AvgIpc) is 3.17. The van der Waals surface area contributed by atoms with E-state index in [4.69, 9.17) is 9.47 Å². The highest BCUT2D eigenvalue weighted by Crippen LogP contribution is 2.42. The van der Waals surface area contributed by atoms with Gasteiger partial charge in [0.05, 0.1) is 0 Å². The van der Waals surface area contributed by atoms with E-state index >= 15 is 0 Å². The van der Waals surface area contributed by atoms with E-state index in [1.54, 1.807) is 25.2 Å². The molecule has 29 heavy (non-hydrogen) atoms. The van der Waals surface area contributed by atoms with Crippen LogP contribution in [-0.4, -0.2) is 30.4 Å². The molecular formula is C22H18FNO4S. The minimum Gasteiger partial charge on any atom is -0.488 e. The Labute approximate surface area is 171 Å². The molecule has 1 aliphatic rings. The van der Waals surface area contributed by atoms with Gasteiger partial charge < -0.3 is 14.4 Å². The maximum absolute atomic E-state index is 13.3. The van der Waals surface area contributed by atoms with Gasteiger partial charge in [0.1, 0.15) is 23.1 Å². The lowest BCUT2D eigenvalue weighted by molar-refractivity contribution is -0.133. The van der Waals surface area contributed by atoms with Crippen molar-refractivity contribution in [3.8, 4) is 16.2 Å². The monoisotopic (exact) mass is 411 g/mol. The number of halogens is 1. The van der Waals surface area contributed by atoms with Crippen LogP contribution in [0.2, 0.25) is 0 Å². The van der Waals surface area contributed by atoms with Crippen molar-refractivity contribution in [1.82, 2.24) is 4.90 Å². The molecular weight excluding hydrogens is 393 g/mol. The summed E-state index contributed by atoms with van der Waals surface area (Å²) in [6.45, 7) is 0.251. The van der Waals surface area contributed by atoms with Crippen molar-refractivity contribution in [3.05, 3.63) is 76.4 Å². The highest BCUT2D eigenvalue weighted by atomic mass is 32.1. The molecule has 3 aromatic rings. The molecule has 2 heterocycles. The summed E-state index contributed by atoms with van der Waals surface area (Å²) in [6, 6.07) is 15.4. The van der Waals surface area contributed by atoms with E-state index in [9.17, 15) is 14.0 Å². The van der Waals surface area contributed by atoms with Gasteiger partial charge in [-0.2, -0.15) is 0 Å². The molecule has 1 aliphatic heterocycles. The van der Waals surface area contributed by atoms with Gasteiger partial charge in [-0.15, -0.1) is 11.3 Å². The quantitative estimate of drug-likeness (QED) is 0.589. The highest BCUT2D eigenvalue weighted by Gasteiger charge is 2.23. The number of rotatable bonds is 5. The van der Waals surface area contributed by atoms with Gasteiger partial charge in [-0.3, -0.25) is 4.79 Å². The summed E-state index contributed by atoms with van der Waals surface area (Å²) in [4.78, 5) is 27.5. The molecule has 7 heteroatoms. The molecule has 0 spiro atoms. The average molecular weight is 411 g/mol. The van der Waals surface area contributed by atoms with Gasteiger partial charge in [-0.25, -0.2) is 9.18 Å². The minimum absolute atomic E-state index is 0.232. The molecule has 2 aromatic carbocycles. The fraction of sp³-hybridized carbons (Fsp3) is 0.182. The number of ether oxygens (including phenoxy) is 2. The number of hydrogen-bond donors (Lipinski definition) is 0. The van der Waals surface area contributed by atoms with Crippen LogP contribution < -0.4 is 4.74 Å². The third-order valence-corrected chi connectivity index (χ3v) is 5.78. The van der Waals surface area contributed by atoms with Crippen LogP contribution in [-0.2, 0) is 22.7 Å². The molecule has 0 N–H and O–H groups in total. The molecule has 5 nitrogen and oxygen atoms in total. The second-order valence-electron chi connectivity index (χ2n) is 6.71. The smallest absolute Gasteiger partial charge is 0.348 e. The predicted molar refractivity (Wildman–Crippen MR) is 107 cm³/mol. The molecule has 148 valence electrons. The topological polar surface area (TPSA) is 55.8 Å². The van der Waals surface area contributed by atoms with Crippen molar-refractivity contribution in [1.29, 1.82) is 0 Å². The van der Waals surface area contributed by atoms with E-state index in [1.165, 1.54) is 28.4 Å². The number of nitrogens with zero attached hydrogens (tertiary/aromatic N) is 1. The summed E-state index contributed by atoms with van der Waals surface area (Å²) < 4.78 is 24.2. The second-order valence-corrected chi connectivity index (χ2v) is 7.76. The number of carbonyl (C=O) groups is 2. The summed E-state index contributed by atoms with van der Waals surface area (Å²) in [7, 11) is 1.58. The van der Waals surface area contributed by atoms with Crippen molar-refractivity contribution in [3.63, 3.8) is 0 Å². The lowest BCUT2D eigenvalue weighted by Crippen LogP contribution is -2.30. The number of carbonyl (C=O) groups excluding carboxylic acids is 2. The van der Waals surface area contributed by atoms with Crippen LogP contribution in [0.1, 0.15) is 20.8 Å². The van der Waals surface area contributed by atoms with Crippen LogP contribution in [0, 0.1) is 5.82 Å². The number of para-hydroxylation sites is 1. The van der Waals surface area contributed by atoms with Crippen molar-refractivity contribution >= 4 is 23.2 Å². The minimum atomic E-state index is -0.547. The zero-order valence-electron chi connectivity index (χ0n) is 15.7. The Morgan fingerprint density at radius 3 is 2.83 bits per heavy atom. The summed E-state index contributed by atoms with van der Waals surface area (Å²) in [5, 5.41) is 0. The Balaban J connectivity index is 1.38. The lowest BCUT2D eigenvalue weighted by atomic mass is 10.1. The Morgan fingerprint density at radius 2 is 2.00 bits per heavy atom. The molecule has 0 atom stereocenters. The molecule has 0 radical (unpaired) electrons. The molecule has 0 saturated carbocycles. The molecule has 0 saturated heterocycles. The number of benzene rings is 2. The standard InChI is InChI=1S/C22H18FNO4S/c1-24(11-14-5-4-6-16(23)9-14)20(25)13-28-22(26)19-10-15-12-27-18-8-3-2-7-17(18)21(15)29-19/h2-10H,11-13H2,1H3. The van der Waals surface area contributed by atoms with Gasteiger partial charge in [0.25, 0.3) is 5.91 Å². The van der Waals surface area contributed by atoms with Gasteiger partial charge in [0, 0.05) is 29.6 Å². The zero-order valence-corrected chi connectivity index (χ0v) is 16.5. The SMILES string of the molecule is CN(Cc1cccc(F)c1)C(=O)COC(=O)c1cc2c(s1)-c1ccccc1OC2. The number of hydrogen-bond acceptors (Lipinski definition) is 5. The van der Waals surface area contributed by atoms with Crippen LogP contribution in [0.25, 0.3) is 10.4 Å². The predicted octanol–water partition coefficient (Wildman–Crippen LogP) is 4.26. The maximum atomic E-state index is 13.3. The first-order chi connectivity index (χ1) is 14.0. The van der Waals surface area contributed by atoms with Crippen LogP contribution in [0.5, 0.6) is 5.75 Å². The highest BCUT2D eigenvalue weighted by molar-refractivity contribution is 7.17. The first-order valence-electron chi connectivity index (χ1n) is 9.01. The first-order valence-corrected chi connectivity index (χ1v) is 9.83. The van der Waals surface area contributed by atoms with Crippen LogP contribution in [0.4, 0.5) is 4.39 Å². The molecule has 1 amide bonds. The van der Waals surface area contributed by atoms with Crippen molar-refractivity contribution in [2.45, 2.75) is 13.2 Å². The number of esters is 1. The van der Waals surface area contributed by atoms with E-state index in [0.717, 1.165) is 21.8 Å². The van der Waals surface area contributed by atoms with E-state index < -0.39 is 5.97 Å². The van der Waals surface area contributed by atoms with Gasteiger partial charge in [0.15, 0.2) is 6.61 Å². The maximum Gasteiger partial charge on any atom is 0.348 e. The Hall–Kier alpha value is -3.19. The van der Waals surface area contributed by atoms with E-state index in [0.29, 0.717) is 17.0 Å². The van der Waals surface area contributed by atoms with E-state index in [-0.39, 0.29) is 24.9 Å². The normalized spacial score (nSPS) is 11.8. The Morgan fingerprint density at radius 1 is 1.17 bits per heavy atom. The Bertz CT molecular complexity index is 1080. The van der Waals surface area contributed by atoms with Crippen LogP contribution in [0.15, 0.2) is 54.6 Å².